The second kappa shape index (κ2) is 6.63. The lowest BCUT2D eigenvalue weighted by atomic mass is 9.81. The van der Waals surface area contributed by atoms with Crippen LogP contribution in [-0.2, 0) is 14.4 Å². The zero-order valence-corrected chi connectivity index (χ0v) is 14.0. The van der Waals surface area contributed by atoms with Gasteiger partial charge >= 0.3 is 0 Å². The predicted octanol–water partition coefficient (Wildman–Crippen LogP) is 2.20. The standard InChI is InChI=1S/C18H22N2O4/c1-11(16(21)19-14-9-5-6-10-15(14)24-2)20-17(22)12-7-3-4-8-13(12)18(20)23/h5-6,9-13H,3-4,7-8H2,1-2H3,(H,19,21)/t11-,12+,13+/m0/s1. The maximum absolute atomic E-state index is 12.6. The number of imide groups is 1. The monoisotopic (exact) mass is 330 g/mol. The molecular weight excluding hydrogens is 308 g/mol. The van der Waals surface area contributed by atoms with Gasteiger partial charge in [-0.3, -0.25) is 19.3 Å². The van der Waals surface area contributed by atoms with Crippen LogP contribution in [0.1, 0.15) is 32.6 Å². The summed E-state index contributed by atoms with van der Waals surface area (Å²) >= 11 is 0. The number of rotatable bonds is 4. The number of benzene rings is 1. The van der Waals surface area contributed by atoms with Gasteiger partial charge in [-0.25, -0.2) is 0 Å². The number of methoxy groups -OCH3 is 1. The smallest absolute Gasteiger partial charge is 0.247 e. The Kier molecular flexibility index (Phi) is 4.55. The molecule has 2 fully saturated rings. The molecule has 1 N–H and O–H groups in total. The third-order valence-corrected chi connectivity index (χ3v) is 5.01. The van der Waals surface area contributed by atoms with Crippen molar-refractivity contribution in [2.75, 3.05) is 12.4 Å². The Morgan fingerprint density at radius 3 is 2.33 bits per heavy atom. The van der Waals surface area contributed by atoms with Crippen molar-refractivity contribution < 1.29 is 19.1 Å². The van der Waals surface area contributed by atoms with Gasteiger partial charge in [-0.1, -0.05) is 25.0 Å². The zero-order chi connectivity index (χ0) is 17.3. The molecule has 2 aliphatic rings. The highest BCUT2D eigenvalue weighted by molar-refractivity contribution is 6.10. The van der Waals surface area contributed by atoms with Crippen LogP contribution in [-0.4, -0.2) is 35.8 Å². The molecule has 0 bridgehead atoms. The quantitative estimate of drug-likeness (QED) is 0.859. The second-order valence-electron chi connectivity index (χ2n) is 6.41. The Labute approximate surface area is 141 Å². The van der Waals surface area contributed by atoms with Gasteiger partial charge in [0.05, 0.1) is 24.6 Å². The first-order valence-electron chi connectivity index (χ1n) is 8.35. The minimum absolute atomic E-state index is 0.202. The first kappa shape index (κ1) is 16.5. The predicted molar refractivity (Wildman–Crippen MR) is 88.4 cm³/mol. The van der Waals surface area contributed by atoms with Gasteiger partial charge in [0, 0.05) is 0 Å². The summed E-state index contributed by atoms with van der Waals surface area (Å²) in [6.45, 7) is 1.60. The molecule has 0 unspecified atom stereocenters. The first-order chi connectivity index (χ1) is 11.5. The van der Waals surface area contributed by atoms with Gasteiger partial charge in [-0.2, -0.15) is 0 Å². The van der Waals surface area contributed by atoms with Crippen molar-refractivity contribution in [2.24, 2.45) is 11.8 Å². The number of ether oxygens (including phenoxy) is 1. The van der Waals surface area contributed by atoms with Crippen molar-refractivity contribution in [3.8, 4) is 5.75 Å². The average Bonchev–Trinajstić information content (AvgIpc) is 2.86. The number of nitrogens with one attached hydrogen (secondary N) is 1. The lowest BCUT2D eigenvalue weighted by Gasteiger charge is -2.22. The van der Waals surface area contributed by atoms with Crippen LogP contribution in [0.4, 0.5) is 5.69 Å². The van der Waals surface area contributed by atoms with Gasteiger partial charge in [-0.15, -0.1) is 0 Å². The van der Waals surface area contributed by atoms with Gasteiger partial charge in [0.15, 0.2) is 0 Å². The third-order valence-electron chi connectivity index (χ3n) is 5.01. The molecule has 6 heteroatoms. The second-order valence-corrected chi connectivity index (χ2v) is 6.41. The van der Waals surface area contributed by atoms with Gasteiger partial charge in [-0.05, 0) is 31.9 Å². The van der Waals surface area contributed by atoms with E-state index in [-0.39, 0.29) is 29.6 Å². The highest BCUT2D eigenvalue weighted by Crippen LogP contribution is 2.39. The Bertz CT molecular complexity index is 649. The van der Waals surface area contributed by atoms with Crippen LogP contribution in [0.2, 0.25) is 0 Å². The van der Waals surface area contributed by atoms with E-state index in [1.54, 1.807) is 31.2 Å². The molecule has 6 nitrogen and oxygen atoms in total. The van der Waals surface area contributed by atoms with E-state index in [0.29, 0.717) is 11.4 Å². The third kappa shape index (κ3) is 2.77. The van der Waals surface area contributed by atoms with E-state index in [9.17, 15) is 14.4 Å². The van der Waals surface area contributed by atoms with Gasteiger partial charge in [0.25, 0.3) is 0 Å². The molecule has 0 radical (unpaired) electrons. The Hall–Kier alpha value is -2.37. The molecule has 1 saturated carbocycles. The van der Waals surface area contributed by atoms with Crippen LogP contribution in [0.3, 0.4) is 0 Å². The molecule has 128 valence electrons. The van der Waals surface area contributed by atoms with Crippen LogP contribution in [0.15, 0.2) is 24.3 Å². The Morgan fingerprint density at radius 1 is 1.17 bits per heavy atom. The molecular formula is C18H22N2O4. The molecule has 1 aromatic rings. The first-order valence-corrected chi connectivity index (χ1v) is 8.35. The number of carbonyl (C=O) groups excluding carboxylic acids is 3. The maximum atomic E-state index is 12.6. The van der Waals surface area contributed by atoms with E-state index in [2.05, 4.69) is 5.32 Å². The van der Waals surface area contributed by atoms with E-state index in [1.165, 1.54) is 7.11 Å². The summed E-state index contributed by atoms with van der Waals surface area (Å²) in [4.78, 5) is 38.9. The van der Waals surface area contributed by atoms with E-state index in [4.69, 9.17) is 4.74 Å². The van der Waals surface area contributed by atoms with Crippen molar-refractivity contribution in [2.45, 2.75) is 38.6 Å². The highest BCUT2D eigenvalue weighted by Gasteiger charge is 2.50. The molecule has 1 saturated heterocycles. The van der Waals surface area contributed by atoms with Crippen LogP contribution in [0.5, 0.6) is 5.75 Å². The average molecular weight is 330 g/mol. The Morgan fingerprint density at radius 2 is 1.75 bits per heavy atom. The number of hydrogen-bond donors (Lipinski definition) is 1. The molecule has 1 heterocycles. The van der Waals surface area contributed by atoms with Crippen LogP contribution in [0.25, 0.3) is 0 Å². The summed E-state index contributed by atoms with van der Waals surface area (Å²) in [5.74, 6) is -0.745. The summed E-state index contributed by atoms with van der Waals surface area (Å²) in [7, 11) is 1.52. The van der Waals surface area contributed by atoms with Crippen LogP contribution < -0.4 is 10.1 Å². The van der Waals surface area contributed by atoms with Crippen molar-refractivity contribution >= 4 is 23.4 Å². The molecule has 1 aromatic carbocycles. The summed E-state index contributed by atoms with van der Waals surface area (Å²) < 4.78 is 5.21. The molecule has 24 heavy (non-hydrogen) atoms. The fraction of sp³-hybridized carbons (Fsp3) is 0.500. The number of likely N-dealkylation sites (tertiary alicyclic amines) is 1. The SMILES string of the molecule is COc1ccccc1NC(=O)[C@H](C)N1C(=O)[C@@H]2CCCC[C@H]2C1=O. The number of carbonyl (C=O) groups is 3. The minimum atomic E-state index is -0.833. The molecule has 1 aliphatic heterocycles. The van der Waals surface area contributed by atoms with Crippen molar-refractivity contribution in [3.63, 3.8) is 0 Å². The normalized spacial score (nSPS) is 24.5. The number of anilines is 1. The number of hydrogen-bond acceptors (Lipinski definition) is 4. The fourth-order valence-corrected chi connectivity index (χ4v) is 3.67. The highest BCUT2D eigenvalue weighted by atomic mass is 16.5. The molecule has 3 rings (SSSR count). The van der Waals surface area contributed by atoms with Gasteiger partial charge in [0.2, 0.25) is 17.7 Å². The van der Waals surface area contributed by atoms with E-state index < -0.39 is 6.04 Å². The van der Waals surface area contributed by atoms with Crippen LogP contribution in [0, 0.1) is 11.8 Å². The lowest BCUT2D eigenvalue weighted by Crippen LogP contribution is -2.46. The summed E-state index contributed by atoms with van der Waals surface area (Å²) in [5, 5.41) is 2.75. The minimum Gasteiger partial charge on any atom is -0.495 e. The lowest BCUT2D eigenvalue weighted by molar-refractivity contribution is -0.146. The van der Waals surface area contributed by atoms with Gasteiger partial charge in [0.1, 0.15) is 11.8 Å². The number of amides is 3. The molecule has 1 aliphatic carbocycles. The van der Waals surface area contributed by atoms with E-state index >= 15 is 0 Å². The van der Waals surface area contributed by atoms with Crippen molar-refractivity contribution in [3.05, 3.63) is 24.3 Å². The fourth-order valence-electron chi connectivity index (χ4n) is 3.67. The molecule has 0 spiro atoms. The maximum Gasteiger partial charge on any atom is 0.247 e. The van der Waals surface area contributed by atoms with Gasteiger partial charge < -0.3 is 10.1 Å². The van der Waals surface area contributed by atoms with Crippen LogP contribution >= 0.6 is 0 Å². The Balaban J connectivity index is 1.76. The molecule has 3 atom stereocenters. The number of para-hydroxylation sites is 2. The van der Waals surface area contributed by atoms with E-state index in [1.807, 2.05) is 0 Å². The number of fused-ring (bicyclic) bond motifs is 1. The van der Waals surface area contributed by atoms with Crippen molar-refractivity contribution in [1.29, 1.82) is 0 Å². The zero-order valence-electron chi connectivity index (χ0n) is 14.0. The summed E-state index contributed by atoms with van der Waals surface area (Å²) in [5.41, 5.74) is 0.522. The largest absolute Gasteiger partial charge is 0.495 e. The summed E-state index contributed by atoms with van der Waals surface area (Å²) in [6, 6.07) is 6.21. The molecule has 3 amide bonds. The number of nitrogens with zero attached hydrogens (tertiary/aromatic N) is 1. The topological polar surface area (TPSA) is 75.7 Å². The van der Waals surface area contributed by atoms with Crippen molar-refractivity contribution in [1.82, 2.24) is 4.90 Å². The summed E-state index contributed by atoms with van der Waals surface area (Å²) in [6.07, 6.45) is 3.42. The van der Waals surface area contributed by atoms with E-state index in [0.717, 1.165) is 30.6 Å². The molecule has 0 aromatic heterocycles.